The number of amides is 1. The van der Waals surface area contributed by atoms with Crippen molar-refractivity contribution in [2.45, 2.75) is 20.8 Å². The van der Waals surface area contributed by atoms with Gasteiger partial charge in [0.15, 0.2) is 0 Å². The Bertz CT molecular complexity index is 602. The van der Waals surface area contributed by atoms with Crippen molar-refractivity contribution in [3.63, 3.8) is 0 Å². The number of hydrogen-bond donors (Lipinski definition) is 1. The normalized spacial score (nSPS) is 10.4. The highest BCUT2D eigenvalue weighted by atomic mass is 79.9. The number of rotatable bonds is 2. The zero-order valence-corrected chi connectivity index (χ0v) is 12.1. The minimum atomic E-state index is -0.157. The Hall–Kier alpha value is -1.55. The van der Waals surface area contributed by atoms with Crippen molar-refractivity contribution in [2.24, 2.45) is 0 Å². The zero-order valence-electron chi connectivity index (χ0n) is 10.5. The first-order valence-electron chi connectivity index (χ1n) is 5.62. The van der Waals surface area contributed by atoms with Crippen molar-refractivity contribution in [1.29, 1.82) is 0 Å². The maximum absolute atomic E-state index is 12.1. The van der Waals surface area contributed by atoms with Crippen molar-refractivity contribution in [3.05, 3.63) is 51.4 Å². The van der Waals surface area contributed by atoms with Crippen molar-refractivity contribution in [2.75, 3.05) is 5.32 Å². The predicted molar refractivity (Wildman–Crippen MR) is 75.0 cm³/mol. The lowest BCUT2D eigenvalue weighted by molar-refractivity contribution is 0.102. The van der Waals surface area contributed by atoms with Gasteiger partial charge in [-0.1, -0.05) is 6.07 Å². The van der Waals surface area contributed by atoms with Gasteiger partial charge in [0.25, 0.3) is 5.91 Å². The number of anilines is 1. The first-order valence-corrected chi connectivity index (χ1v) is 6.41. The van der Waals surface area contributed by atoms with Crippen molar-refractivity contribution < 1.29 is 9.21 Å². The van der Waals surface area contributed by atoms with E-state index in [1.54, 1.807) is 13.0 Å². The Morgan fingerprint density at radius 2 is 1.94 bits per heavy atom. The molecule has 1 amide bonds. The number of carbonyl (C=O) groups is 1. The number of hydrogen-bond acceptors (Lipinski definition) is 2. The lowest BCUT2D eigenvalue weighted by Gasteiger charge is -2.07. The topological polar surface area (TPSA) is 42.2 Å². The largest absolute Gasteiger partial charge is 0.466 e. The maximum atomic E-state index is 12.1. The van der Waals surface area contributed by atoms with Gasteiger partial charge in [0.1, 0.15) is 11.5 Å². The molecule has 1 aromatic carbocycles. The second kappa shape index (κ2) is 4.98. The summed E-state index contributed by atoms with van der Waals surface area (Å²) >= 11 is 3.42. The molecule has 18 heavy (non-hydrogen) atoms. The van der Waals surface area contributed by atoms with Crippen LogP contribution >= 0.6 is 15.9 Å². The van der Waals surface area contributed by atoms with E-state index >= 15 is 0 Å². The Balaban J connectivity index is 2.26. The third-order valence-corrected chi connectivity index (χ3v) is 3.35. The molecule has 2 aromatic rings. The second-order valence-electron chi connectivity index (χ2n) is 4.26. The highest BCUT2D eigenvalue weighted by Gasteiger charge is 2.14. The average molecular weight is 308 g/mol. The molecule has 94 valence electrons. The third kappa shape index (κ3) is 2.64. The average Bonchev–Trinajstić information content (AvgIpc) is 2.63. The van der Waals surface area contributed by atoms with Crippen LogP contribution in [0.25, 0.3) is 0 Å². The van der Waals surface area contributed by atoms with Gasteiger partial charge in [-0.15, -0.1) is 0 Å². The summed E-state index contributed by atoms with van der Waals surface area (Å²) in [7, 11) is 0. The molecule has 4 heteroatoms. The Morgan fingerprint density at radius 3 is 2.56 bits per heavy atom. The van der Waals surface area contributed by atoms with E-state index in [9.17, 15) is 4.79 Å². The van der Waals surface area contributed by atoms with Gasteiger partial charge in [-0.2, -0.15) is 0 Å². The summed E-state index contributed by atoms with van der Waals surface area (Å²) in [6, 6.07) is 7.56. The molecule has 3 nitrogen and oxygen atoms in total. The fourth-order valence-electron chi connectivity index (χ4n) is 1.78. The van der Waals surface area contributed by atoms with Gasteiger partial charge >= 0.3 is 0 Å². The molecular formula is C14H14BrNO2. The van der Waals surface area contributed by atoms with E-state index in [0.29, 0.717) is 11.3 Å². The molecule has 2 rings (SSSR count). The Kier molecular flexibility index (Phi) is 3.57. The Morgan fingerprint density at radius 1 is 1.22 bits per heavy atom. The molecule has 0 fully saturated rings. The molecule has 0 unspecified atom stereocenters. The molecule has 1 aromatic heterocycles. The predicted octanol–water partition coefficient (Wildman–Crippen LogP) is 4.22. The van der Waals surface area contributed by atoms with Crippen molar-refractivity contribution in [3.8, 4) is 0 Å². The summed E-state index contributed by atoms with van der Waals surface area (Å²) in [5.41, 5.74) is 2.42. The highest BCUT2D eigenvalue weighted by molar-refractivity contribution is 9.10. The molecule has 0 bridgehead atoms. The van der Waals surface area contributed by atoms with E-state index in [2.05, 4.69) is 21.2 Å². The fraction of sp³-hybridized carbons (Fsp3) is 0.214. The van der Waals surface area contributed by atoms with Crippen LogP contribution in [0.3, 0.4) is 0 Å². The lowest BCUT2D eigenvalue weighted by Crippen LogP contribution is -2.12. The lowest BCUT2D eigenvalue weighted by atomic mass is 10.2. The first-order chi connectivity index (χ1) is 8.47. The molecule has 0 radical (unpaired) electrons. The van der Waals surface area contributed by atoms with Gasteiger partial charge in [-0.25, -0.2) is 0 Å². The molecule has 0 aliphatic carbocycles. The van der Waals surface area contributed by atoms with E-state index in [0.717, 1.165) is 21.5 Å². The van der Waals surface area contributed by atoms with Crippen LogP contribution in [-0.2, 0) is 0 Å². The van der Waals surface area contributed by atoms with Crippen LogP contribution in [0.1, 0.15) is 27.4 Å². The van der Waals surface area contributed by atoms with Crippen LogP contribution < -0.4 is 5.32 Å². The molecule has 0 saturated heterocycles. The van der Waals surface area contributed by atoms with Crippen LogP contribution in [0.15, 0.2) is 33.2 Å². The summed E-state index contributed by atoms with van der Waals surface area (Å²) in [5, 5.41) is 2.88. The maximum Gasteiger partial charge on any atom is 0.259 e. The molecule has 0 atom stereocenters. The second-order valence-corrected chi connectivity index (χ2v) is 5.12. The smallest absolute Gasteiger partial charge is 0.259 e. The summed E-state index contributed by atoms with van der Waals surface area (Å²) in [5.74, 6) is 1.21. The third-order valence-electron chi connectivity index (χ3n) is 2.66. The highest BCUT2D eigenvalue weighted by Crippen LogP contribution is 2.24. The summed E-state index contributed by atoms with van der Waals surface area (Å²) in [4.78, 5) is 12.1. The van der Waals surface area contributed by atoms with E-state index in [1.165, 1.54) is 0 Å². The van der Waals surface area contributed by atoms with Crippen molar-refractivity contribution in [1.82, 2.24) is 0 Å². The van der Waals surface area contributed by atoms with E-state index in [4.69, 9.17) is 4.42 Å². The van der Waals surface area contributed by atoms with Gasteiger partial charge in [0.2, 0.25) is 0 Å². The van der Waals surface area contributed by atoms with Gasteiger partial charge in [-0.3, -0.25) is 4.79 Å². The summed E-state index contributed by atoms with van der Waals surface area (Å²) in [6.07, 6.45) is 0. The Labute approximate surface area is 114 Å². The van der Waals surface area contributed by atoms with Crippen molar-refractivity contribution >= 4 is 27.5 Å². The fourth-order valence-corrected chi connectivity index (χ4v) is 2.13. The van der Waals surface area contributed by atoms with E-state index < -0.39 is 0 Å². The number of aryl methyl sites for hydroxylation is 3. The standard InChI is InChI=1S/C14H14BrNO2/c1-8-4-5-12(15)13(6-8)16-14(17)11-7-9(2)18-10(11)3/h4-7H,1-3H3,(H,16,17). The van der Waals surface area contributed by atoms with Gasteiger partial charge in [0.05, 0.1) is 11.3 Å². The number of nitrogens with one attached hydrogen (secondary N) is 1. The van der Waals surface area contributed by atoms with Crippen LogP contribution in [-0.4, -0.2) is 5.91 Å². The summed E-state index contributed by atoms with van der Waals surface area (Å²) in [6.45, 7) is 5.59. The van der Waals surface area contributed by atoms with Crippen LogP contribution in [0.5, 0.6) is 0 Å². The molecular weight excluding hydrogens is 294 g/mol. The molecule has 0 aliphatic rings. The SMILES string of the molecule is Cc1ccc(Br)c(NC(=O)c2cc(C)oc2C)c1. The van der Waals surface area contributed by atoms with Gasteiger partial charge < -0.3 is 9.73 Å². The minimum Gasteiger partial charge on any atom is -0.466 e. The van der Waals surface area contributed by atoms with Crippen LogP contribution in [0.4, 0.5) is 5.69 Å². The van der Waals surface area contributed by atoms with Gasteiger partial charge in [0, 0.05) is 4.47 Å². The van der Waals surface area contributed by atoms with Crippen LogP contribution in [0.2, 0.25) is 0 Å². The summed E-state index contributed by atoms with van der Waals surface area (Å²) < 4.78 is 6.22. The quantitative estimate of drug-likeness (QED) is 0.902. The number of carbonyl (C=O) groups excluding carboxylic acids is 1. The van der Waals surface area contributed by atoms with E-state index in [-0.39, 0.29) is 5.91 Å². The molecule has 1 heterocycles. The first kappa shape index (κ1) is 12.9. The molecule has 1 N–H and O–H groups in total. The number of furan rings is 1. The molecule has 0 saturated carbocycles. The van der Waals surface area contributed by atoms with Crippen LogP contribution in [0, 0.1) is 20.8 Å². The van der Waals surface area contributed by atoms with Gasteiger partial charge in [-0.05, 0) is 60.5 Å². The number of benzene rings is 1. The molecule has 0 spiro atoms. The van der Waals surface area contributed by atoms with E-state index in [1.807, 2.05) is 32.0 Å². The monoisotopic (exact) mass is 307 g/mol. The number of halogens is 1. The zero-order chi connectivity index (χ0) is 13.3. The minimum absolute atomic E-state index is 0.157. The molecule has 0 aliphatic heterocycles.